The van der Waals surface area contributed by atoms with Crippen molar-refractivity contribution in [3.05, 3.63) is 59.5 Å². The molecule has 1 fully saturated rings. The summed E-state index contributed by atoms with van der Waals surface area (Å²) < 4.78 is 12.0. The lowest BCUT2D eigenvalue weighted by atomic mass is 10.0. The highest BCUT2D eigenvalue weighted by Gasteiger charge is 2.34. The van der Waals surface area contributed by atoms with Crippen molar-refractivity contribution >= 4 is 39.8 Å². The molecule has 0 spiro atoms. The van der Waals surface area contributed by atoms with Crippen molar-refractivity contribution in [1.29, 1.82) is 0 Å². The summed E-state index contributed by atoms with van der Waals surface area (Å²) in [5.74, 6) is 0.866. The minimum Gasteiger partial charge on any atom is -0.467 e. The molecule has 2 aliphatic rings. The molecule has 2 atom stereocenters. The van der Waals surface area contributed by atoms with Crippen LogP contribution in [0.25, 0.3) is 0 Å². The number of rotatable bonds is 8. The third-order valence-corrected chi connectivity index (χ3v) is 7.65. The monoisotopic (exact) mass is 483 g/mol. The Hall–Kier alpha value is -2.69. The van der Waals surface area contributed by atoms with E-state index in [2.05, 4.69) is 39.7 Å². The van der Waals surface area contributed by atoms with Crippen molar-refractivity contribution in [2.75, 3.05) is 24.2 Å². The number of carbonyl (C=O) groups excluding carboxylic acids is 1. The molecule has 0 bridgehead atoms. The first-order valence-electron chi connectivity index (χ1n) is 11.0. The third kappa shape index (κ3) is 5.29. The Kier molecular flexibility index (Phi) is 6.75. The van der Waals surface area contributed by atoms with Crippen molar-refractivity contribution in [1.82, 2.24) is 15.2 Å². The van der Waals surface area contributed by atoms with Crippen LogP contribution in [0.15, 0.2) is 56.5 Å². The summed E-state index contributed by atoms with van der Waals surface area (Å²) in [5.41, 5.74) is 3.09. The highest BCUT2D eigenvalue weighted by atomic mass is 32.2. The summed E-state index contributed by atoms with van der Waals surface area (Å²) in [7, 11) is 0. The van der Waals surface area contributed by atoms with Crippen molar-refractivity contribution in [2.45, 2.75) is 42.7 Å². The minimum atomic E-state index is -0.248. The number of aryl methyl sites for hydroxylation is 1. The average Bonchev–Trinajstić information content (AvgIpc) is 3.62. The van der Waals surface area contributed by atoms with Crippen LogP contribution in [-0.2, 0) is 9.53 Å². The summed E-state index contributed by atoms with van der Waals surface area (Å²) in [6.07, 6.45) is 4.65. The van der Waals surface area contributed by atoms with E-state index in [-0.39, 0.29) is 23.8 Å². The fraction of sp³-hybridized carbons (Fsp3) is 0.391. The lowest BCUT2D eigenvalue weighted by Crippen LogP contribution is -2.28. The average molecular weight is 484 g/mol. The van der Waals surface area contributed by atoms with E-state index in [0.29, 0.717) is 6.42 Å². The van der Waals surface area contributed by atoms with E-state index in [0.717, 1.165) is 52.5 Å². The zero-order valence-electron chi connectivity index (χ0n) is 18.3. The standard InChI is InChI=1S/C23H25N5O3S2/c1-15-6-8-16(9-7-15)18-12-19(20-5-3-11-31-20)28(27-18)21(29)14-32-23-26-25-22(33-23)24-13-17-4-2-10-30-17/h3,5-9,11,17,19H,2,4,10,12-14H2,1H3,(H,24,25)/t17-,19+/m0/s1. The molecule has 2 aromatic heterocycles. The zero-order valence-corrected chi connectivity index (χ0v) is 19.9. The first kappa shape index (κ1) is 22.1. The van der Waals surface area contributed by atoms with E-state index in [1.54, 1.807) is 11.3 Å². The molecule has 1 amide bonds. The van der Waals surface area contributed by atoms with Gasteiger partial charge in [-0.15, -0.1) is 10.2 Å². The Balaban J connectivity index is 1.23. The highest BCUT2D eigenvalue weighted by Crippen LogP contribution is 2.34. The smallest absolute Gasteiger partial charge is 0.253 e. The first-order valence-corrected chi connectivity index (χ1v) is 12.8. The molecule has 172 valence electrons. The van der Waals surface area contributed by atoms with Crippen LogP contribution in [-0.4, -0.2) is 51.8 Å². The molecular weight excluding hydrogens is 458 g/mol. The van der Waals surface area contributed by atoms with Crippen LogP contribution in [0.5, 0.6) is 0 Å². The number of amides is 1. The van der Waals surface area contributed by atoms with Gasteiger partial charge in [-0.1, -0.05) is 52.9 Å². The van der Waals surface area contributed by atoms with Gasteiger partial charge in [0.05, 0.1) is 23.8 Å². The molecule has 1 saturated heterocycles. The van der Waals surface area contributed by atoms with Gasteiger partial charge in [-0.05, 0) is 37.5 Å². The number of carbonyl (C=O) groups is 1. The van der Waals surface area contributed by atoms with E-state index in [9.17, 15) is 4.79 Å². The summed E-state index contributed by atoms with van der Waals surface area (Å²) in [4.78, 5) is 13.1. The van der Waals surface area contributed by atoms with E-state index >= 15 is 0 Å². The zero-order chi connectivity index (χ0) is 22.6. The fourth-order valence-electron chi connectivity index (χ4n) is 3.90. The number of aromatic nitrogens is 2. The Morgan fingerprint density at radius 2 is 2.15 bits per heavy atom. The summed E-state index contributed by atoms with van der Waals surface area (Å²) in [5, 5.41) is 18.6. The second kappa shape index (κ2) is 10.1. The van der Waals surface area contributed by atoms with Crippen LogP contribution in [0.4, 0.5) is 5.13 Å². The lowest BCUT2D eigenvalue weighted by Gasteiger charge is -2.19. The third-order valence-electron chi connectivity index (χ3n) is 5.65. The van der Waals surface area contributed by atoms with Crippen LogP contribution in [0.3, 0.4) is 0 Å². The van der Waals surface area contributed by atoms with Crippen LogP contribution < -0.4 is 5.32 Å². The largest absolute Gasteiger partial charge is 0.467 e. The van der Waals surface area contributed by atoms with Gasteiger partial charge in [0, 0.05) is 19.6 Å². The molecule has 2 aliphatic heterocycles. The molecule has 4 heterocycles. The van der Waals surface area contributed by atoms with Gasteiger partial charge in [0.25, 0.3) is 5.91 Å². The molecule has 0 aliphatic carbocycles. The first-order chi connectivity index (χ1) is 16.2. The molecule has 0 radical (unpaired) electrons. The van der Waals surface area contributed by atoms with E-state index < -0.39 is 0 Å². The van der Waals surface area contributed by atoms with Crippen molar-refractivity contribution in [2.24, 2.45) is 5.10 Å². The minimum absolute atomic E-state index is 0.0902. The number of hydrogen-bond acceptors (Lipinski definition) is 9. The number of benzene rings is 1. The molecule has 1 aromatic carbocycles. The Morgan fingerprint density at radius 1 is 1.27 bits per heavy atom. The van der Waals surface area contributed by atoms with E-state index in [1.807, 2.05) is 24.3 Å². The van der Waals surface area contributed by atoms with Gasteiger partial charge in [0.15, 0.2) is 4.34 Å². The van der Waals surface area contributed by atoms with Gasteiger partial charge in [-0.25, -0.2) is 5.01 Å². The molecule has 10 heteroatoms. The van der Waals surface area contributed by atoms with Crippen molar-refractivity contribution in [3.8, 4) is 0 Å². The van der Waals surface area contributed by atoms with Crippen LogP contribution in [0.1, 0.15) is 42.2 Å². The van der Waals surface area contributed by atoms with Gasteiger partial charge >= 0.3 is 0 Å². The fourth-order valence-corrected chi connectivity index (χ4v) is 5.51. The molecule has 0 unspecified atom stereocenters. The molecular formula is C23H25N5O3S2. The predicted octanol–water partition coefficient (Wildman–Crippen LogP) is 4.50. The number of nitrogens with one attached hydrogen (secondary N) is 1. The number of furan rings is 1. The highest BCUT2D eigenvalue weighted by molar-refractivity contribution is 8.01. The molecule has 1 N–H and O–H groups in total. The van der Waals surface area contributed by atoms with Crippen LogP contribution >= 0.6 is 23.1 Å². The predicted molar refractivity (Wildman–Crippen MR) is 129 cm³/mol. The maximum atomic E-state index is 13.1. The molecule has 5 rings (SSSR count). The second-order valence-corrected chi connectivity index (χ2v) is 10.3. The maximum absolute atomic E-state index is 13.1. The summed E-state index contributed by atoms with van der Waals surface area (Å²) in [6.45, 7) is 3.61. The molecule has 33 heavy (non-hydrogen) atoms. The van der Waals surface area contributed by atoms with E-state index in [1.165, 1.54) is 28.7 Å². The number of hydrazone groups is 1. The van der Waals surface area contributed by atoms with Gasteiger partial charge < -0.3 is 14.5 Å². The molecule has 3 aromatic rings. The van der Waals surface area contributed by atoms with Gasteiger partial charge in [-0.3, -0.25) is 4.79 Å². The van der Waals surface area contributed by atoms with Gasteiger partial charge in [0.2, 0.25) is 5.13 Å². The topological polar surface area (TPSA) is 92.9 Å². The van der Waals surface area contributed by atoms with Crippen LogP contribution in [0.2, 0.25) is 0 Å². The van der Waals surface area contributed by atoms with Gasteiger partial charge in [0.1, 0.15) is 11.8 Å². The second-order valence-electron chi connectivity index (χ2n) is 8.06. The number of hydrogen-bond donors (Lipinski definition) is 1. The summed E-state index contributed by atoms with van der Waals surface area (Å²) >= 11 is 2.82. The summed E-state index contributed by atoms with van der Waals surface area (Å²) in [6, 6.07) is 11.7. The lowest BCUT2D eigenvalue weighted by molar-refractivity contribution is -0.130. The maximum Gasteiger partial charge on any atom is 0.253 e. The van der Waals surface area contributed by atoms with Crippen molar-refractivity contribution < 1.29 is 13.9 Å². The van der Waals surface area contributed by atoms with Crippen molar-refractivity contribution in [3.63, 3.8) is 0 Å². The quantitative estimate of drug-likeness (QED) is 0.472. The SMILES string of the molecule is Cc1ccc(C2=NN(C(=O)CSc3nnc(NC[C@@H]4CCCO4)s3)[C@@H](c3ccco3)C2)cc1. The molecule has 0 saturated carbocycles. The number of thioether (sulfide) groups is 1. The normalized spacial score (nSPS) is 20.3. The Bertz CT molecular complexity index is 1110. The molecule has 8 nitrogen and oxygen atoms in total. The number of anilines is 1. The Morgan fingerprint density at radius 3 is 2.91 bits per heavy atom. The van der Waals surface area contributed by atoms with Crippen LogP contribution in [0, 0.1) is 6.92 Å². The Labute approximate surface area is 200 Å². The van der Waals surface area contributed by atoms with E-state index in [4.69, 9.17) is 9.15 Å². The van der Waals surface area contributed by atoms with Gasteiger partial charge in [-0.2, -0.15) is 5.10 Å². The number of ether oxygens (including phenoxy) is 1. The number of nitrogens with zero attached hydrogens (tertiary/aromatic N) is 4.